The lowest BCUT2D eigenvalue weighted by molar-refractivity contribution is -0.340. The Balaban J connectivity index is 1.05. The van der Waals surface area contributed by atoms with Gasteiger partial charge < -0.3 is 65.7 Å². The highest BCUT2D eigenvalue weighted by Gasteiger charge is 2.69. The van der Waals surface area contributed by atoms with E-state index in [1.807, 2.05) is 23.2 Å². The van der Waals surface area contributed by atoms with E-state index in [-0.39, 0.29) is 76.6 Å². The van der Waals surface area contributed by atoms with Crippen LogP contribution in [-0.4, -0.2) is 154 Å². The Hall–Kier alpha value is -5.71. The van der Waals surface area contributed by atoms with Crippen LogP contribution in [0.4, 0.5) is 0 Å². The van der Waals surface area contributed by atoms with Gasteiger partial charge in [0, 0.05) is 37.7 Å². The lowest BCUT2D eigenvalue weighted by atomic mass is 9.73. The van der Waals surface area contributed by atoms with Gasteiger partial charge in [-0.05, 0) is 96.6 Å². The maximum Gasteiger partial charge on any atom is 0.335 e. The number of carboxylic acids is 1. The van der Waals surface area contributed by atoms with Gasteiger partial charge in [0.2, 0.25) is 18.3 Å². The molecule has 71 heavy (non-hydrogen) atoms. The van der Waals surface area contributed by atoms with Gasteiger partial charge in [-0.15, -0.1) is 0 Å². The highest BCUT2D eigenvalue weighted by molar-refractivity contribution is 8.76. The Bertz CT molecular complexity index is 2570. The van der Waals surface area contributed by atoms with Crippen molar-refractivity contribution in [2.45, 2.75) is 62.0 Å². The van der Waals surface area contributed by atoms with Crippen LogP contribution in [0.3, 0.4) is 0 Å². The van der Waals surface area contributed by atoms with Crippen LogP contribution in [0, 0.1) is 17.8 Å². The number of amides is 2. The zero-order valence-electron chi connectivity index (χ0n) is 39.1. The van der Waals surface area contributed by atoms with Crippen LogP contribution in [0.5, 0.6) is 17.2 Å². The van der Waals surface area contributed by atoms with E-state index in [2.05, 4.69) is 52.9 Å². The number of allylic oxidation sites excluding steroid dienone is 2. The number of hydrogen-bond acceptors (Lipinski definition) is 17. The number of benzene rings is 3. The maximum atomic E-state index is 13.5. The summed E-state index contributed by atoms with van der Waals surface area (Å²) in [7, 11) is 2.71. The summed E-state index contributed by atoms with van der Waals surface area (Å²) in [6.45, 7) is 5.24. The predicted octanol–water partition coefficient (Wildman–Crippen LogP) is 3.59. The average Bonchev–Trinajstić information content (AvgIpc) is 4.07. The number of aryl methyl sites for hydroxylation is 1. The molecule has 9 N–H and O–H groups in total. The first-order valence-corrected chi connectivity index (χ1v) is 26.0. The summed E-state index contributed by atoms with van der Waals surface area (Å²) >= 11 is 0. The van der Waals surface area contributed by atoms with E-state index in [9.17, 15) is 44.7 Å². The number of carbonyl (C=O) groups is 4. The van der Waals surface area contributed by atoms with Gasteiger partial charge in [0.05, 0.1) is 24.2 Å². The quantitative estimate of drug-likeness (QED) is 0.0415. The van der Waals surface area contributed by atoms with Crippen LogP contribution in [0.1, 0.15) is 42.0 Å². The van der Waals surface area contributed by atoms with Crippen LogP contribution in [0.25, 0.3) is 17.4 Å². The van der Waals surface area contributed by atoms with Crippen molar-refractivity contribution in [2.24, 2.45) is 28.5 Å². The molecule has 20 heteroatoms. The van der Waals surface area contributed by atoms with Crippen molar-refractivity contribution in [2.75, 3.05) is 57.5 Å². The molecule has 3 saturated heterocycles. The third-order valence-electron chi connectivity index (χ3n) is 13.7. The molecule has 8 rings (SSSR count). The van der Waals surface area contributed by atoms with Crippen molar-refractivity contribution >= 4 is 69.3 Å². The van der Waals surface area contributed by atoms with Crippen molar-refractivity contribution in [3.8, 4) is 17.2 Å². The summed E-state index contributed by atoms with van der Waals surface area (Å²) in [6.07, 6.45) is 3.07. The molecule has 3 aromatic rings. The molecular formula is C51H59N5O13S2. The summed E-state index contributed by atoms with van der Waals surface area (Å²) in [4.78, 5) is 57.2. The monoisotopic (exact) mass is 1010 g/mol. The van der Waals surface area contributed by atoms with E-state index in [1.165, 1.54) is 69.6 Å². The second-order valence-corrected chi connectivity index (χ2v) is 20.7. The fourth-order valence-corrected chi connectivity index (χ4v) is 11.6. The van der Waals surface area contributed by atoms with Crippen molar-refractivity contribution in [3.05, 3.63) is 107 Å². The standard InChI is InChI=1S/C51H59N5O13S2/c1-30(6-4-9-31-7-2-3-8-32(31)10-5-18-53-25-41(59)56-20-21-56)38-24-55-27-50(65)49(69-45(48(63)64)46(61)51(50,28-57)66-29-71-70-26-39(38)34-17-19-54-23-34)67-36-15-16-37-40(22-36)68-44(47(52)62)42(43(37)60)33-11-13-35(58)14-12-33/h2-4,7-9,11-17,22-23,28,30,38-39,44-46,49,53,55,58,60-61,65H,5-6,10,18-21,24-27,29H2,1H3,(H2,52,62)(H,63,64). The summed E-state index contributed by atoms with van der Waals surface area (Å²) < 4.78 is 24.3. The zero-order chi connectivity index (χ0) is 50.3. The zero-order valence-corrected chi connectivity index (χ0v) is 40.7. The lowest BCUT2D eigenvalue weighted by Crippen LogP contribution is -2.80. The molecule has 18 nitrogen and oxygen atoms in total. The van der Waals surface area contributed by atoms with Crippen LogP contribution >= 0.6 is 21.6 Å². The minimum Gasteiger partial charge on any atom is -0.508 e. The number of phenolic OH excluding ortho intramolecular Hbond substituents is 1. The Morgan fingerprint density at radius 1 is 1.10 bits per heavy atom. The summed E-state index contributed by atoms with van der Waals surface area (Å²) in [5, 5.41) is 62.9. The van der Waals surface area contributed by atoms with Crippen molar-refractivity contribution in [1.82, 2.24) is 15.5 Å². The topological polar surface area (TPSA) is 272 Å². The SMILES string of the molecule is CC(CC=Cc1ccccc1CCCNCC(=O)N1CC1)C1CNCC2(O)C(Oc3ccc4c(c3)OC(C(N)=O)C(c3ccc(O)cc3)=C4O)OC(C(=O)O)C(O)C2(C=O)OCSSCC1C1=CCN=C1. The number of aromatic hydroxyl groups is 1. The second-order valence-electron chi connectivity index (χ2n) is 18.2. The molecule has 3 aromatic carbocycles. The average molecular weight is 1010 g/mol. The number of carbonyl (C=O) groups excluding carboxylic acids is 3. The minimum absolute atomic E-state index is 0.0145. The van der Waals surface area contributed by atoms with Gasteiger partial charge in [0.25, 0.3) is 5.91 Å². The first-order valence-electron chi connectivity index (χ1n) is 23.5. The highest BCUT2D eigenvalue weighted by atomic mass is 33.1. The van der Waals surface area contributed by atoms with Crippen molar-refractivity contribution in [3.63, 3.8) is 0 Å². The Labute approximate surface area is 418 Å². The van der Waals surface area contributed by atoms with E-state index in [1.54, 1.807) is 0 Å². The number of nitrogens with two attached hydrogens (primary N) is 1. The van der Waals surface area contributed by atoms with Gasteiger partial charge in [-0.3, -0.25) is 19.4 Å². The number of fused-ring (bicyclic) bond motifs is 2. The molecule has 2 amide bonds. The number of aliphatic hydroxyl groups is 3. The second kappa shape index (κ2) is 22.8. The molecule has 3 fully saturated rings. The summed E-state index contributed by atoms with van der Waals surface area (Å²) in [6, 6.07) is 18.0. The fraction of sp³-hybridized carbons (Fsp3) is 0.431. The molecule has 5 aliphatic heterocycles. The van der Waals surface area contributed by atoms with Gasteiger partial charge in [-0.1, -0.05) is 83.1 Å². The number of nitrogens with zero attached hydrogens (tertiary/aromatic N) is 2. The molecule has 5 heterocycles. The van der Waals surface area contributed by atoms with Gasteiger partial charge in [0.1, 0.15) is 35.1 Å². The maximum absolute atomic E-state index is 13.5. The molecular weight excluding hydrogens is 955 g/mol. The van der Waals surface area contributed by atoms with Gasteiger partial charge in [-0.2, -0.15) is 0 Å². The van der Waals surface area contributed by atoms with E-state index in [0.717, 1.165) is 43.6 Å². The van der Waals surface area contributed by atoms with E-state index in [4.69, 9.17) is 24.7 Å². The summed E-state index contributed by atoms with van der Waals surface area (Å²) in [5.41, 5.74) is 4.42. The smallest absolute Gasteiger partial charge is 0.335 e. The van der Waals surface area contributed by atoms with Gasteiger partial charge >= 0.3 is 5.97 Å². The number of hydrogen-bond donors (Lipinski definition) is 8. The largest absolute Gasteiger partial charge is 0.508 e. The number of rotatable bonds is 17. The van der Waals surface area contributed by atoms with E-state index >= 15 is 0 Å². The molecule has 0 radical (unpaired) electrons. The highest BCUT2D eigenvalue weighted by Crippen LogP contribution is 2.46. The molecule has 378 valence electrons. The third kappa shape index (κ3) is 11.3. The van der Waals surface area contributed by atoms with Gasteiger partial charge in [-0.25, -0.2) is 4.79 Å². The van der Waals surface area contributed by atoms with Crippen LogP contribution < -0.4 is 25.8 Å². The van der Waals surface area contributed by atoms with Crippen LogP contribution in [0.15, 0.2) is 89.4 Å². The number of ether oxygens (including phenoxy) is 4. The number of aliphatic carboxylic acids is 1. The Morgan fingerprint density at radius 2 is 1.89 bits per heavy atom. The number of nitrogens with one attached hydrogen (secondary N) is 2. The Kier molecular flexibility index (Phi) is 16.6. The number of phenols is 1. The molecule has 9 atom stereocenters. The summed E-state index contributed by atoms with van der Waals surface area (Å²) in [5.74, 6) is -2.72. The molecule has 0 bridgehead atoms. The molecule has 0 spiro atoms. The Morgan fingerprint density at radius 3 is 2.61 bits per heavy atom. The number of carboxylic acid groups (broad SMARTS) is 1. The van der Waals surface area contributed by atoms with Crippen molar-refractivity contribution in [1.29, 1.82) is 0 Å². The number of aliphatic imine (C=N–C) groups is 1. The van der Waals surface area contributed by atoms with Gasteiger partial charge in [0.15, 0.2) is 23.6 Å². The molecule has 0 saturated carbocycles. The molecule has 9 unspecified atom stereocenters. The molecule has 0 aliphatic carbocycles. The number of β-amino-alcohol motifs (C(OH)–C–C–N with tert-alkyl or cyclic N) is 1. The lowest BCUT2D eigenvalue weighted by Gasteiger charge is -2.53. The third-order valence-corrected chi connectivity index (χ3v) is 15.7. The minimum atomic E-state index is -2.61. The van der Waals surface area contributed by atoms with Crippen LogP contribution in [-0.2, 0) is 35.1 Å². The molecule has 5 aliphatic rings. The first kappa shape index (κ1) is 51.6. The number of aliphatic hydroxyl groups excluding tert-OH is 2. The van der Waals surface area contributed by atoms with E-state index in [0.29, 0.717) is 30.8 Å². The normalized spacial score (nSPS) is 28.1. The number of primary amides is 1. The first-order chi connectivity index (χ1) is 34.2. The van der Waals surface area contributed by atoms with E-state index < -0.39 is 54.2 Å². The number of aldehydes is 1. The predicted molar refractivity (Wildman–Crippen MR) is 269 cm³/mol. The fourth-order valence-electron chi connectivity index (χ4n) is 9.57. The van der Waals surface area contributed by atoms with Crippen molar-refractivity contribution < 1.29 is 63.7 Å². The molecule has 0 aromatic heterocycles. The van der Waals surface area contributed by atoms with Crippen LogP contribution in [0.2, 0.25) is 0 Å².